The van der Waals surface area contributed by atoms with Gasteiger partial charge in [0.05, 0.1) is 22.1 Å². The Morgan fingerprint density at radius 3 is 1.77 bits per heavy atom. The lowest BCUT2D eigenvalue weighted by atomic mass is 9.47. The van der Waals surface area contributed by atoms with E-state index < -0.39 is 0 Å². The van der Waals surface area contributed by atoms with Crippen LogP contribution < -0.4 is 15.1 Å². The Kier molecular flexibility index (Phi) is 8.53. The highest BCUT2D eigenvalue weighted by Gasteiger charge is 2.49. The molecule has 0 spiro atoms. The molecule has 4 aromatic heterocycles. The van der Waals surface area contributed by atoms with Crippen molar-refractivity contribution in [1.82, 2.24) is 4.57 Å². The van der Waals surface area contributed by atoms with E-state index in [0.717, 1.165) is 53.4 Å². The molecule has 6 heteroatoms. The Labute approximate surface area is 439 Å². The third-order valence-corrected chi connectivity index (χ3v) is 20.4. The van der Waals surface area contributed by atoms with E-state index in [2.05, 4.69) is 209 Å². The summed E-state index contributed by atoms with van der Waals surface area (Å²) in [7, 11) is 0. The molecule has 0 unspecified atom stereocenters. The maximum Gasteiger partial charge on any atom is 0.343 e. The molecule has 0 amide bonds. The first kappa shape index (κ1) is 45.2. The van der Waals surface area contributed by atoms with E-state index in [1.807, 2.05) is 11.3 Å². The van der Waals surface area contributed by atoms with Gasteiger partial charge >= 0.3 is 6.85 Å². The van der Waals surface area contributed by atoms with Gasteiger partial charge < -0.3 is 18.2 Å². The van der Waals surface area contributed by atoms with Crippen molar-refractivity contribution < 1.29 is 8.83 Å². The van der Waals surface area contributed by atoms with Crippen LogP contribution in [0.2, 0.25) is 0 Å². The molecule has 0 atom stereocenters. The van der Waals surface area contributed by atoms with Gasteiger partial charge in [-0.1, -0.05) is 133 Å². The molecule has 4 nitrogen and oxygen atoms in total. The van der Waals surface area contributed by atoms with Crippen LogP contribution in [0.1, 0.15) is 156 Å². The summed E-state index contributed by atoms with van der Waals surface area (Å²) in [6, 6.07) is 40.8. The molecule has 15 rings (SSSR count). The lowest BCUT2D eigenvalue weighted by molar-refractivity contribution is 0.332. The molecule has 370 valence electrons. The van der Waals surface area contributed by atoms with Gasteiger partial charge in [-0.15, -0.1) is 11.3 Å². The van der Waals surface area contributed by atoms with E-state index >= 15 is 0 Å². The van der Waals surface area contributed by atoms with E-state index in [4.69, 9.17) is 8.83 Å². The quantitative estimate of drug-likeness (QED) is 0.154. The van der Waals surface area contributed by atoms with Crippen LogP contribution in [0.15, 0.2) is 112 Å². The predicted molar refractivity (Wildman–Crippen MR) is 318 cm³/mol. The summed E-state index contributed by atoms with van der Waals surface area (Å²) < 4.78 is 20.1. The molecule has 11 aromatic rings. The van der Waals surface area contributed by atoms with Gasteiger partial charge in [0.2, 0.25) is 0 Å². The second kappa shape index (κ2) is 14.0. The zero-order valence-corrected chi connectivity index (χ0v) is 46.7. The molecule has 0 saturated carbocycles. The molecule has 0 bridgehead atoms. The van der Waals surface area contributed by atoms with Crippen LogP contribution in [0.5, 0.6) is 0 Å². The summed E-state index contributed by atoms with van der Waals surface area (Å²) in [5.41, 5.74) is 22.5. The minimum Gasteiger partial charge on any atom is -0.456 e. The molecule has 0 fully saturated rings. The van der Waals surface area contributed by atoms with Crippen molar-refractivity contribution in [2.75, 3.05) is 4.81 Å². The van der Waals surface area contributed by atoms with Crippen molar-refractivity contribution in [2.45, 2.75) is 155 Å². The molecule has 7 aromatic carbocycles. The summed E-state index contributed by atoms with van der Waals surface area (Å²) >= 11 is 1.99. The van der Waals surface area contributed by atoms with Gasteiger partial charge in [-0.3, -0.25) is 0 Å². The number of thiophene rings is 1. The van der Waals surface area contributed by atoms with Crippen LogP contribution in [-0.2, 0) is 32.5 Å². The zero-order valence-electron chi connectivity index (χ0n) is 45.8. The highest BCUT2D eigenvalue weighted by Crippen LogP contribution is 2.57. The smallest absolute Gasteiger partial charge is 0.343 e. The van der Waals surface area contributed by atoms with E-state index in [1.165, 1.54) is 120 Å². The Morgan fingerprint density at radius 1 is 0.527 bits per heavy atom. The van der Waals surface area contributed by atoms with Gasteiger partial charge in [-0.25, -0.2) is 0 Å². The summed E-state index contributed by atoms with van der Waals surface area (Å²) in [6.45, 7) is 33.4. The zero-order chi connectivity index (χ0) is 51.3. The number of hydrogen-bond acceptors (Lipinski definition) is 4. The molecule has 2 aliphatic carbocycles. The molecule has 2 aliphatic heterocycles. The second-order valence-corrected chi connectivity index (χ2v) is 28.9. The van der Waals surface area contributed by atoms with E-state index in [0.29, 0.717) is 0 Å². The molecule has 0 saturated heterocycles. The first-order valence-electron chi connectivity index (χ1n) is 27.4. The minimum atomic E-state index is -0.147. The number of furan rings is 2. The van der Waals surface area contributed by atoms with E-state index in [9.17, 15) is 0 Å². The van der Waals surface area contributed by atoms with E-state index in [-0.39, 0.29) is 39.3 Å². The lowest BCUT2D eigenvalue weighted by Crippen LogP contribution is -2.59. The van der Waals surface area contributed by atoms with Crippen molar-refractivity contribution in [2.24, 2.45) is 0 Å². The SMILES string of the molecule is CC(C)(C)c1ccc(N2B3c4sc5ccc(C(C)(C)C)cc5c4-n4c5cc6c(cc5c5c7oc8ccccc8c7c(c3c54)-c3cc4oc5cc7c(cc5c4cc32)C(C)(C)CCC7(C)C)C(C)(C)CCC6(C)C)cc1. The van der Waals surface area contributed by atoms with Gasteiger partial charge in [0.15, 0.2) is 0 Å². The van der Waals surface area contributed by atoms with Crippen molar-refractivity contribution in [3.05, 3.63) is 137 Å². The molecular weight excluding hydrogens is 920 g/mol. The fourth-order valence-corrected chi connectivity index (χ4v) is 15.8. The van der Waals surface area contributed by atoms with Crippen molar-refractivity contribution in [3.63, 3.8) is 0 Å². The average Bonchev–Trinajstić information content (AvgIpc) is 4.11. The van der Waals surface area contributed by atoms with E-state index in [1.54, 1.807) is 0 Å². The maximum absolute atomic E-state index is 7.43. The van der Waals surface area contributed by atoms with Gasteiger partial charge in [0, 0.05) is 58.7 Å². The molecule has 0 radical (unpaired) electrons. The number of rotatable bonds is 1. The van der Waals surface area contributed by atoms with Crippen LogP contribution >= 0.6 is 11.3 Å². The molecule has 0 N–H and O–H groups in total. The maximum atomic E-state index is 7.43. The average molecular weight is 987 g/mol. The fraction of sp³-hybridized carbons (Fsp3) is 0.353. The summed E-state index contributed by atoms with van der Waals surface area (Å²) in [5.74, 6) is 0. The normalized spacial score (nSPS) is 18.3. The number of benzene rings is 7. The molecular formula is C68H67BN2O2S. The summed E-state index contributed by atoms with van der Waals surface area (Å²) in [6.07, 6.45) is 4.62. The highest BCUT2D eigenvalue weighted by atomic mass is 32.1. The van der Waals surface area contributed by atoms with Crippen LogP contribution in [0.3, 0.4) is 0 Å². The summed E-state index contributed by atoms with van der Waals surface area (Å²) in [4.78, 5) is 2.73. The topological polar surface area (TPSA) is 34.5 Å². The predicted octanol–water partition coefficient (Wildman–Crippen LogP) is 18.3. The second-order valence-electron chi connectivity index (χ2n) is 27.8. The van der Waals surface area contributed by atoms with Gasteiger partial charge in [-0.05, 0) is 169 Å². The van der Waals surface area contributed by atoms with Crippen molar-refractivity contribution in [3.8, 4) is 16.8 Å². The Balaban J connectivity index is 1.17. The van der Waals surface area contributed by atoms with Crippen LogP contribution in [0.25, 0.3) is 92.6 Å². The van der Waals surface area contributed by atoms with Gasteiger partial charge in [-0.2, -0.15) is 0 Å². The minimum absolute atomic E-state index is 0.00583. The van der Waals surface area contributed by atoms with Crippen LogP contribution in [0.4, 0.5) is 11.4 Å². The first-order valence-corrected chi connectivity index (χ1v) is 28.3. The third kappa shape index (κ3) is 5.82. The largest absolute Gasteiger partial charge is 0.456 e. The van der Waals surface area contributed by atoms with Crippen molar-refractivity contribution in [1.29, 1.82) is 0 Å². The van der Waals surface area contributed by atoms with Crippen molar-refractivity contribution >= 4 is 116 Å². The molecule has 4 aliphatic rings. The number of para-hydroxylation sites is 1. The lowest BCUT2D eigenvalue weighted by Gasteiger charge is -2.42. The Morgan fingerprint density at radius 2 is 1.11 bits per heavy atom. The van der Waals surface area contributed by atoms with Crippen LogP contribution in [-0.4, -0.2) is 11.4 Å². The van der Waals surface area contributed by atoms with Gasteiger partial charge in [0.25, 0.3) is 0 Å². The molecule has 6 heterocycles. The molecule has 74 heavy (non-hydrogen) atoms. The number of fused-ring (bicyclic) bond motifs is 20. The number of nitrogens with zero attached hydrogens (tertiary/aromatic N) is 2. The van der Waals surface area contributed by atoms with Gasteiger partial charge in [0.1, 0.15) is 22.3 Å². The first-order chi connectivity index (χ1) is 34.9. The van der Waals surface area contributed by atoms with Crippen LogP contribution in [0, 0.1) is 0 Å². The summed E-state index contributed by atoms with van der Waals surface area (Å²) in [5, 5.41) is 8.55. The Hall–Kier alpha value is -6.24. The third-order valence-electron chi connectivity index (χ3n) is 19.2. The Bertz CT molecular complexity index is 4340. The fourth-order valence-electron chi connectivity index (χ4n) is 14.5. The standard InChI is InChI=1S/C68H67BN2O2S/c1-63(2,3)36-19-22-38(23-20-36)71-50-32-41-40-30-45-48(68(13,14)28-26-65(45,7)8)35-53(40)72-52(41)33-43(50)55-56-39-17-15-16-18-51(39)73-61(56)57-42-31-46-47(67(11,12)27-25-66(46,9)10)34-49(42)70-59-44-29-37(64(4,5)6)21-24-54(44)74-62(59)69(71)58(55)60(57)70/h15-24,29-35H,25-28H2,1-14H3. The number of hydrogen-bond donors (Lipinski definition) is 0. The highest BCUT2D eigenvalue weighted by molar-refractivity contribution is 7.32. The monoisotopic (exact) mass is 987 g/mol. The number of aromatic nitrogens is 1. The number of anilines is 2.